The molecule has 0 bridgehead atoms. The summed E-state index contributed by atoms with van der Waals surface area (Å²) in [7, 11) is 0. The molecule has 1 aliphatic rings. The average Bonchev–Trinajstić information content (AvgIpc) is 1.95. The monoisotopic (exact) mass is 177 g/mol. The van der Waals surface area contributed by atoms with Gasteiger partial charge in [0.1, 0.15) is 0 Å². The van der Waals surface area contributed by atoms with E-state index in [0.717, 1.165) is 0 Å². The van der Waals surface area contributed by atoms with Gasteiger partial charge in [-0.2, -0.15) is 0 Å². The van der Waals surface area contributed by atoms with Crippen molar-refractivity contribution in [3.05, 3.63) is 0 Å². The first kappa shape index (κ1) is 9.90. The molecular weight excluding hydrogens is 160 g/mol. The number of alkyl halides is 2. The molecule has 0 amide bonds. The summed E-state index contributed by atoms with van der Waals surface area (Å²) < 4.78 is 26.9. The Balaban J connectivity index is 2.84. The molecule has 0 aliphatic carbocycles. The van der Waals surface area contributed by atoms with Gasteiger partial charge in [-0.15, -0.1) is 0 Å². The van der Waals surface area contributed by atoms with E-state index in [-0.39, 0.29) is 12.3 Å². The van der Waals surface area contributed by atoms with E-state index in [0.29, 0.717) is 13.0 Å². The minimum atomic E-state index is -2.56. The van der Waals surface area contributed by atoms with E-state index in [4.69, 9.17) is 0 Å². The highest BCUT2D eigenvalue weighted by Gasteiger charge is 2.52. The Hall–Kier alpha value is -0.180. The Kier molecular flexibility index (Phi) is 2.43. The van der Waals surface area contributed by atoms with Gasteiger partial charge in [-0.05, 0) is 25.8 Å². The zero-order chi connectivity index (χ0) is 9.41. The predicted molar refractivity (Wildman–Crippen MR) is 45.4 cm³/mol. The summed E-state index contributed by atoms with van der Waals surface area (Å²) in [6.45, 7) is 6.01. The van der Waals surface area contributed by atoms with E-state index in [9.17, 15) is 8.78 Å². The standard InChI is InChI=1S/C9H17F2N/c1-7(2)8(3)9(10,11)5-4-6-12-8/h7,12H,4-6H2,1-3H3. The fourth-order valence-corrected chi connectivity index (χ4v) is 1.67. The largest absolute Gasteiger partial charge is 0.306 e. The van der Waals surface area contributed by atoms with E-state index in [1.165, 1.54) is 0 Å². The maximum atomic E-state index is 13.4. The van der Waals surface area contributed by atoms with Crippen LogP contribution in [0.2, 0.25) is 0 Å². The van der Waals surface area contributed by atoms with Gasteiger partial charge in [-0.3, -0.25) is 0 Å². The zero-order valence-electron chi connectivity index (χ0n) is 7.95. The van der Waals surface area contributed by atoms with Crippen LogP contribution < -0.4 is 5.32 Å². The quantitative estimate of drug-likeness (QED) is 0.648. The molecule has 1 nitrogen and oxygen atoms in total. The van der Waals surface area contributed by atoms with Crippen LogP contribution in [0.1, 0.15) is 33.6 Å². The molecule has 3 heteroatoms. The summed E-state index contributed by atoms with van der Waals surface area (Å²) >= 11 is 0. The molecule has 1 atom stereocenters. The summed E-state index contributed by atoms with van der Waals surface area (Å²) in [4.78, 5) is 0. The molecule has 0 radical (unpaired) electrons. The van der Waals surface area contributed by atoms with Crippen LogP contribution in [0.15, 0.2) is 0 Å². The maximum Gasteiger partial charge on any atom is 0.265 e. The van der Waals surface area contributed by atoms with Crippen molar-refractivity contribution < 1.29 is 8.78 Å². The fraction of sp³-hybridized carbons (Fsp3) is 1.00. The lowest BCUT2D eigenvalue weighted by Gasteiger charge is -2.45. The minimum Gasteiger partial charge on any atom is -0.306 e. The molecule has 1 rings (SSSR count). The molecule has 1 saturated heterocycles. The lowest BCUT2D eigenvalue weighted by molar-refractivity contribution is -0.123. The molecule has 0 aromatic heterocycles. The highest BCUT2D eigenvalue weighted by atomic mass is 19.3. The van der Waals surface area contributed by atoms with E-state index in [2.05, 4.69) is 5.32 Å². The topological polar surface area (TPSA) is 12.0 Å². The van der Waals surface area contributed by atoms with Gasteiger partial charge < -0.3 is 5.32 Å². The molecule has 1 unspecified atom stereocenters. The number of hydrogen-bond acceptors (Lipinski definition) is 1. The maximum absolute atomic E-state index is 13.4. The normalized spacial score (nSPS) is 35.5. The molecule has 12 heavy (non-hydrogen) atoms. The van der Waals surface area contributed by atoms with Crippen LogP contribution in [-0.4, -0.2) is 18.0 Å². The number of hydrogen-bond donors (Lipinski definition) is 1. The number of halogens is 2. The van der Waals surface area contributed by atoms with Crippen LogP contribution in [-0.2, 0) is 0 Å². The van der Waals surface area contributed by atoms with Crippen LogP contribution >= 0.6 is 0 Å². The molecule has 1 aliphatic heterocycles. The molecule has 0 saturated carbocycles. The first-order valence-electron chi connectivity index (χ1n) is 4.53. The Bertz CT molecular complexity index is 168. The van der Waals surface area contributed by atoms with E-state index < -0.39 is 11.5 Å². The summed E-state index contributed by atoms with van der Waals surface area (Å²) in [6.07, 6.45) is 0.601. The van der Waals surface area contributed by atoms with Crippen molar-refractivity contribution in [1.29, 1.82) is 0 Å². The van der Waals surface area contributed by atoms with Crippen molar-refractivity contribution in [3.63, 3.8) is 0 Å². The van der Waals surface area contributed by atoms with Crippen molar-refractivity contribution in [1.82, 2.24) is 5.32 Å². The van der Waals surface area contributed by atoms with Crippen molar-refractivity contribution in [2.24, 2.45) is 5.92 Å². The Morgan fingerprint density at radius 2 is 1.92 bits per heavy atom. The number of nitrogens with one attached hydrogen (secondary N) is 1. The van der Waals surface area contributed by atoms with Crippen LogP contribution in [0.4, 0.5) is 8.78 Å². The van der Waals surface area contributed by atoms with Gasteiger partial charge >= 0.3 is 0 Å². The third-order valence-corrected chi connectivity index (χ3v) is 3.07. The molecule has 0 aromatic rings. The van der Waals surface area contributed by atoms with Gasteiger partial charge in [0.2, 0.25) is 0 Å². The summed E-state index contributed by atoms with van der Waals surface area (Å²) in [5.41, 5.74) is -1.01. The second-order valence-electron chi connectivity index (χ2n) is 4.09. The van der Waals surface area contributed by atoms with Gasteiger partial charge in [0.05, 0.1) is 5.54 Å². The highest BCUT2D eigenvalue weighted by Crippen LogP contribution is 2.40. The molecule has 1 heterocycles. The van der Waals surface area contributed by atoms with Gasteiger partial charge in [0, 0.05) is 6.42 Å². The van der Waals surface area contributed by atoms with Crippen LogP contribution in [0.5, 0.6) is 0 Å². The van der Waals surface area contributed by atoms with E-state index in [1.807, 2.05) is 13.8 Å². The third-order valence-electron chi connectivity index (χ3n) is 3.07. The third kappa shape index (κ3) is 1.35. The van der Waals surface area contributed by atoms with Gasteiger partial charge in [-0.1, -0.05) is 13.8 Å². The summed E-state index contributed by atoms with van der Waals surface area (Å²) in [5, 5.41) is 2.94. The van der Waals surface area contributed by atoms with Gasteiger partial charge in [0.25, 0.3) is 5.92 Å². The summed E-state index contributed by atoms with van der Waals surface area (Å²) in [6, 6.07) is 0. The predicted octanol–water partition coefficient (Wildman–Crippen LogP) is 2.42. The molecule has 72 valence electrons. The molecule has 1 fully saturated rings. The second kappa shape index (κ2) is 2.95. The van der Waals surface area contributed by atoms with Crippen molar-refractivity contribution in [2.75, 3.05) is 6.54 Å². The van der Waals surface area contributed by atoms with Crippen LogP contribution in [0, 0.1) is 5.92 Å². The average molecular weight is 177 g/mol. The lowest BCUT2D eigenvalue weighted by atomic mass is 9.78. The molecule has 0 spiro atoms. The van der Waals surface area contributed by atoms with Crippen LogP contribution in [0.25, 0.3) is 0 Å². The van der Waals surface area contributed by atoms with Gasteiger partial charge in [0.15, 0.2) is 0 Å². The van der Waals surface area contributed by atoms with Gasteiger partial charge in [-0.25, -0.2) is 8.78 Å². The smallest absolute Gasteiger partial charge is 0.265 e. The van der Waals surface area contributed by atoms with Crippen LogP contribution in [0.3, 0.4) is 0 Å². The molecule has 0 aromatic carbocycles. The van der Waals surface area contributed by atoms with E-state index >= 15 is 0 Å². The van der Waals surface area contributed by atoms with E-state index in [1.54, 1.807) is 6.92 Å². The van der Waals surface area contributed by atoms with Crippen molar-refractivity contribution in [3.8, 4) is 0 Å². The fourth-order valence-electron chi connectivity index (χ4n) is 1.67. The second-order valence-corrected chi connectivity index (χ2v) is 4.09. The SMILES string of the molecule is CC(C)C1(C)NCCCC1(F)F. The minimum absolute atomic E-state index is 0.0225. The van der Waals surface area contributed by atoms with Crippen molar-refractivity contribution >= 4 is 0 Å². The molecular formula is C9H17F2N. The summed E-state index contributed by atoms with van der Waals surface area (Å²) in [5.74, 6) is -2.59. The lowest BCUT2D eigenvalue weighted by Crippen LogP contribution is -2.62. The Labute approximate surface area is 72.5 Å². The zero-order valence-corrected chi connectivity index (χ0v) is 7.95. The highest BCUT2D eigenvalue weighted by molar-refractivity contribution is 5.01. The molecule has 1 N–H and O–H groups in total. The van der Waals surface area contributed by atoms with Crippen molar-refractivity contribution in [2.45, 2.75) is 45.1 Å². The Morgan fingerprint density at radius 3 is 2.25 bits per heavy atom. The Morgan fingerprint density at radius 1 is 1.33 bits per heavy atom. The number of rotatable bonds is 1. The first-order valence-corrected chi connectivity index (χ1v) is 4.53. The first-order chi connectivity index (χ1) is 5.40. The number of piperidine rings is 1.